The number of phenols is 1. The number of carboxylic acids is 1. The Kier molecular flexibility index (Phi) is 4.91. The van der Waals surface area contributed by atoms with Crippen molar-refractivity contribution in [2.45, 2.75) is 6.92 Å². The lowest BCUT2D eigenvalue weighted by Crippen LogP contribution is -2.13. The molecule has 0 radical (unpaired) electrons. The van der Waals surface area contributed by atoms with Gasteiger partial charge in [0.05, 0.1) is 5.56 Å². The van der Waals surface area contributed by atoms with Gasteiger partial charge in [0.25, 0.3) is 5.91 Å². The number of phenolic OH excluding ortho intramolecular Hbond substituents is 1. The Morgan fingerprint density at radius 3 is 2.41 bits per heavy atom. The highest BCUT2D eigenvalue weighted by atomic mass is 32.1. The molecule has 0 aliphatic carbocycles. The molecular weight excluding hydrogens is 376 g/mol. The van der Waals surface area contributed by atoms with E-state index in [9.17, 15) is 28.6 Å². The molecule has 5 nitrogen and oxygen atoms in total. The van der Waals surface area contributed by atoms with Crippen LogP contribution >= 0.6 is 11.3 Å². The SMILES string of the molecule is Cc1ccc(-c2csc(NC(=O)c3ccccc3O)c2C(=O)O)c(F)c1F. The van der Waals surface area contributed by atoms with E-state index in [1.54, 1.807) is 0 Å². The second kappa shape index (κ2) is 7.16. The van der Waals surface area contributed by atoms with E-state index in [4.69, 9.17) is 0 Å². The van der Waals surface area contributed by atoms with E-state index < -0.39 is 23.5 Å². The Morgan fingerprint density at radius 1 is 1.04 bits per heavy atom. The van der Waals surface area contributed by atoms with Gasteiger partial charge in [0, 0.05) is 16.5 Å². The number of anilines is 1. The first-order valence-corrected chi connectivity index (χ1v) is 8.58. The first-order chi connectivity index (χ1) is 12.8. The quantitative estimate of drug-likeness (QED) is 0.606. The van der Waals surface area contributed by atoms with E-state index in [0.717, 1.165) is 11.3 Å². The Balaban J connectivity index is 2.05. The number of rotatable bonds is 4. The van der Waals surface area contributed by atoms with Crippen molar-refractivity contribution in [3.63, 3.8) is 0 Å². The Labute approximate surface area is 156 Å². The van der Waals surface area contributed by atoms with Crippen LogP contribution in [0.15, 0.2) is 41.8 Å². The van der Waals surface area contributed by atoms with Crippen molar-refractivity contribution in [1.82, 2.24) is 0 Å². The van der Waals surface area contributed by atoms with Crippen LogP contribution in [-0.2, 0) is 0 Å². The summed E-state index contributed by atoms with van der Waals surface area (Å²) in [7, 11) is 0. The maximum absolute atomic E-state index is 14.3. The summed E-state index contributed by atoms with van der Waals surface area (Å²) in [6.45, 7) is 1.39. The summed E-state index contributed by atoms with van der Waals surface area (Å²) in [5, 5.41) is 23.0. The van der Waals surface area contributed by atoms with Gasteiger partial charge < -0.3 is 15.5 Å². The van der Waals surface area contributed by atoms with E-state index in [-0.39, 0.29) is 38.6 Å². The smallest absolute Gasteiger partial charge is 0.339 e. The van der Waals surface area contributed by atoms with Crippen molar-refractivity contribution in [3.8, 4) is 16.9 Å². The number of aryl methyl sites for hydroxylation is 1. The molecule has 0 spiro atoms. The molecule has 0 saturated carbocycles. The number of carboxylic acid groups (broad SMARTS) is 1. The molecule has 1 amide bonds. The molecule has 0 saturated heterocycles. The second-order valence-electron chi connectivity index (χ2n) is 5.69. The number of amides is 1. The van der Waals surface area contributed by atoms with E-state index in [2.05, 4.69) is 5.32 Å². The minimum absolute atomic E-state index is 0.0449. The minimum atomic E-state index is -1.40. The van der Waals surface area contributed by atoms with Gasteiger partial charge >= 0.3 is 5.97 Å². The normalized spacial score (nSPS) is 10.6. The number of hydrogen-bond donors (Lipinski definition) is 3. The van der Waals surface area contributed by atoms with Gasteiger partial charge in [0.1, 0.15) is 16.3 Å². The van der Waals surface area contributed by atoms with Crippen LogP contribution in [0.2, 0.25) is 0 Å². The van der Waals surface area contributed by atoms with Crippen LogP contribution in [0.4, 0.5) is 13.8 Å². The molecular formula is C19H13F2NO4S. The molecule has 1 heterocycles. The highest BCUT2D eigenvalue weighted by Gasteiger charge is 2.25. The van der Waals surface area contributed by atoms with Crippen LogP contribution in [0.3, 0.4) is 0 Å². The number of carbonyl (C=O) groups is 2. The van der Waals surface area contributed by atoms with E-state index in [0.29, 0.717) is 0 Å². The minimum Gasteiger partial charge on any atom is -0.507 e. The molecule has 138 valence electrons. The summed E-state index contributed by atoms with van der Waals surface area (Å²) in [5.41, 5.74) is -0.565. The lowest BCUT2D eigenvalue weighted by atomic mass is 10.0. The predicted molar refractivity (Wildman–Crippen MR) is 97.4 cm³/mol. The average Bonchev–Trinajstić information content (AvgIpc) is 3.03. The maximum Gasteiger partial charge on any atom is 0.339 e. The van der Waals surface area contributed by atoms with Crippen molar-refractivity contribution < 1.29 is 28.6 Å². The molecule has 3 N–H and O–H groups in total. The Morgan fingerprint density at radius 2 is 1.74 bits per heavy atom. The Hall–Kier alpha value is -3.26. The van der Waals surface area contributed by atoms with Gasteiger partial charge in [0.15, 0.2) is 11.6 Å². The van der Waals surface area contributed by atoms with Crippen molar-refractivity contribution in [1.29, 1.82) is 0 Å². The number of hydrogen-bond acceptors (Lipinski definition) is 4. The van der Waals surface area contributed by atoms with Gasteiger partial charge in [-0.2, -0.15) is 0 Å². The second-order valence-corrected chi connectivity index (χ2v) is 6.57. The van der Waals surface area contributed by atoms with Crippen molar-refractivity contribution in [2.75, 3.05) is 5.32 Å². The maximum atomic E-state index is 14.3. The van der Waals surface area contributed by atoms with Gasteiger partial charge in [-0.05, 0) is 24.6 Å². The van der Waals surface area contributed by atoms with Crippen LogP contribution in [0.25, 0.3) is 11.1 Å². The molecule has 0 fully saturated rings. The van der Waals surface area contributed by atoms with Gasteiger partial charge in [-0.1, -0.05) is 24.3 Å². The molecule has 2 aromatic carbocycles. The molecule has 3 aromatic rings. The number of carbonyl (C=O) groups excluding carboxylic acids is 1. The number of nitrogens with one attached hydrogen (secondary N) is 1. The molecule has 1 aromatic heterocycles. The average molecular weight is 389 g/mol. The van der Waals surface area contributed by atoms with Crippen molar-refractivity contribution in [2.24, 2.45) is 0 Å². The number of benzene rings is 2. The summed E-state index contributed by atoms with van der Waals surface area (Å²) in [6.07, 6.45) is 0. The summed E-state index contributed by atoms with van der Waals surface area (Å²) in [4.78, 5) is 24.0. The van der Waals surface area contributed by atoms with Crippen LogP contribution in [0.5, 0.6) is 5.75 Å². The molecule has 0 aliphatic rings. The van der Waals surface area contributed by atoms with E-state index in [1.165, 1.54) is 48.7 Å². The largest absolute Gasteiger partial charge is 0.507 e. The lowest BCUT2D eigenvalue weighted by Gasteiger charge is -2.08. The van der Waals surface area contributed by atoms with Gasteiger partial charge in [-0.15, -0.1) is 11.3 Å². The standard InChI is InChI=1S/C19H13F2NO4S/c1-9-6-7-10(16(21)15(9)20)12-8-27-18(14(12)19(25)26)22-17(24)11-4-2-3-5-13(11)23/h2-8,23H,1H3,(H,22,24)(H,25,26). The van der Waals surface area contributed by atoms with Crippen molar-refractivity contribution >= 4 is 28.2 Å². The zero-order valence-electron chi connectivity index (χ0n) is 13.9. The number of aromatic carboxylic acids is 1. The zero-order valence-corrected chi connectivity index (χ0v) is 14.7. The fourth-order valence-electron chi connectivity index (χ4n) is 2.55. The number of para-hydroxylation sites is 1. The third-order valence-electron chi connectivity index (χ3n) is 3.95. The first kappa shape index (κ1) is 18.5. The number of aromatic hydroxyl groups is 1. The number of thiophene rings is 1. The fourth-order valence-corrected chi connectivity index (χ4v) is 3.50. The molecule has 0 atom stereocenters. The van der Waals surface area contributed by atoms with Crippen LogP contribution in [-0.4, -0.2) is 22.1 Å². The van der Waals surface area contributed by atoms with Gasteiger partial charge in [0.2, 0.25) is 0 Å². The molecule has 3 rings (SSSR count). The summed E-state index contributed by atoms with van der Waals surface area (Å²) in [5.74, 6) is -4.61. The van der Waals surface area contributed by atoms with E-state index >= 15 is 0 Å². The molecule has 0 aliphatic heterocycles. The van der Waals surface area contributed by atoms with Crippen LogP contribution in [0, 0.1) is 18.6 Å². The molecule has 0 unspecified atom stereocenters. The Bertz CT molecular complexity index is 1060. The highest BCUT2D eigenvalue weighted by molar-refractivity contribution is 7.15. The van der Waals surface area contributed by atoms with Gasteiger partial charge in [-0.3, -0.25) is 4.79 Å². The zero-order chi connectivity index (χ0) is 19.7. The summed E-state index contributed by atoms with van der Waals surface area (Å²) < 4.78 is 28.2. The topological polar surface area (TPSA) is 86.6 Å². The fraction of sp³-hybridized carbons (Fsp3) is 0.0526. The summed E-state index contributed by atoms with van der Waals surface area (Å²) >= 11 is 0.863. The van der Waals surface area contributed by atoms with Crippen molar-refractivity contribution in [3.05, 3.63) is 70.1 Å². The lowest BCUT2D eigenvalue weighted by molar-refractivity contribution is 0.0699. The van der Waals surface area contributed by atoms with Crippen LogP contribution < -0.4 is 5.32 Å². The predicted octanol–water partition coefficient (Wildman–Crippen LogP) is 4.66. The third kappa shape index (κ3) is 3.39. The molecule has 27 heavy (non-hydrogen) atoms. The van der Waals surface area contributed by atoms with E-state index in [1.807, 2.05) is 0 Å². The van der Waals surface area contributed by atoms with Crippen LogP contribution in [0.1, 0.15) is 26.3 Å². The third-order valence-corrected chi connectivity index (χ3v) is 4.84. The highest BCUT2D eigenvalue weighted by Crippen LogP contribution is 2.38. The monoisotopic (exact) mass is 389 g/mol. The molecule has 0 bridgehead atoms. The first-order valence-electron chi connectivity index (χ1n) is 7.70. The molecule has 8 heteroatoms. The van der Waals surface area contributed by atoms with Gasteiger partial charge in [-0.25, -0.2) is 13.6 Å². The summed E-state index contributed by atoms with van der Waals surface area (Å²) in [6, 6.07) is 8.39. The number of halogens is 2.